The molecule has 4 heteroatoms. The van der Waals surface area contributed by atoms with Gasteiger partial charge in [-0.2, -0.15) is 0 Å². The predicted molar refractivity (Wildman–Crippen MR) is 93.7 cm³/mol. The van der Waals surface area contributed by atoms with E-state index in [0.717, 1.165) is 32.7 Å². The molecule has 1 aliphatic heterocycles. The maximum atomic E-state index is 11.7. The molecule has 0 aromatic heterocycles. The van der Waals surface area contributed by atoms with E-state index in [1.165, 1.54) is 18.4 Å². The van der Waals surface area contributed by atoms with Crippen LogP contribution in [-0.4, -0.2) is 55.2 Å². The van der Waals surface area contributed by atoms with Crippen molar-refractivity contribution >= 4 is 6.09 Å². The molecule has 0 atom stereocenters. The van der Waals surface area contributed by atoms with E-state index in [0.29, 0.717) is 6.61 Å². The lowest BCUT2D eigenvalue weighted by atomic mass is 9.80. The van der Waals surface area contributed by atoms with E-state index in [1.54, 1.807) is 0 Å². The molecule has 1 aromatic carbocycles. The number of hydrogen-bond donors (Lipinski definition) is 0. The lowest BCUT2D eigenvalue weighted by molar-refractivity contribution is 0.0788. The molecule has 1 saturated heterocycles. The number of ether oxygens (including phenoxy) is 1. The second kappa shape index (κ2) is 8.34. The van der Waals surface area contributed by atoms with Gasteiger partial charge in [0, 0.05) is 26.2 Å². The van der Waals surface area contributed by atoms with E-state index in [9.17, 15) is 4.79 Å². The molecule has 128 valence electrons. The Morgan fingerprint density at radius 2 is 1.78 bits per heavy atom. The monoisotopic (exact) mass is 318 g/mol. The molecule has 1 fully saturated rings. The number of benzene rings is 1. The van der Waals surface area contributed by atoms with E-state index in [4.69, 9.17) is 4.74 Å². The molecule has 1 amide bonds. The Kier molecular flexibility index (Phi) is 6.46. The summed E-state index contributed by atoms with van der Waals surface area (Å²) in [5.74, 6) is 0. The SMILES string of the molecule is CCOC(=O)N1CCN(CCCC(C)(C)c2ccccc2)CC1. The van der Waals surface area contributed by atoms with Gasteiger partial charge in [0.1, 0.15) is 0 Å². The van der Waals surface area contributed by atoms with E-state index in [2.05, 4.69) is 49.1 Å². The summed E-state index contributed by atoms with van der Waals surface area (Å²) in [5, 5.41) is 0. The fourth-order valence-corrected chi connectivity index (χ4v) is 3.15. The van der Waals surface area contributed by atoms with Crippen molar-refractivity contribution in [2.45, 2.75) is 39.0 Å². The van der Waals surface area contributed by atoms with Crippen molar-refractivity contribution in [1.29, 1.82) is 0 Å². The molecule has 0 spiro atoms. The van der Waals surface area contributed by atoms with Crippen molar-refractivity contribution in [3.05, 3.63) is 35.9 Å². The third-order valence-corrected chi connectivity index (χ3v) is 4.73. The van der Waals surface area contributed by atoms with Gasteiger partial charge in [-0.15, -0.1) is 0 Å². The molecule has 0 unspecified atom stereocenters. The summed E-state index contributed by atoms with van der Waals surface area (Å²) in [4.78, 5) is 16.0. The van der Waals surface area contributed by atoms with Crippen molar-refractivity contribution < 1.29 is 9.53 Å². The smallest absolute Gasteiger partial charge is 0.409 e. The molecule has 0 bridgehead atoms. The zero-order chi connectivity index (χ0) is 16.7. The summed E-state index contributed by atoms with van der Waals surface area (Å²) in [5.41, 5.74) is 1.63. The van der Waals surface area contributed by atoms with E-state index in [-0.39, 0.29) is 11.5 Å². The first-order valence-corrected chi connectivity index (χ1v) is 8.72. The Morgan fingerprint density at radius 1 is 1.13 bits per heavy atom. The number of carbonyl (C=O) groups is 1. The molecule has 2 rings (SSSR count). The number of nitrogens with zero attached hydrogens (tertiary/aromatic N) is 2. The minimum Gasteiger partial charge on any atom is -0.450 e. The standard InChI is InChI=1S/C19H30N2O2/c1-4-23-18(22)21-15-13-20(14-16-21)12-8-11-19(2,3)17-9-6-5-7-10-17/h5-7,9-10H,4,8,11-16H2,1-3H3. The average molecular weight is 318 g/mol. The van der Waals surface area contributed by atoms with Gasteiger partial charge in [-0.25, -0.2) is 4.79 Å². The van der Waals surface area contributed by atoms with Crippen LogP contribution in [0.1, 0.15) is 39.2 Å². The van der Waals surface area contributed by atoms with Crippen molar-refractivity contribution in [2.24, 2.45) is 0 Å². The van der Waals surface area contributed by atoms with E-state index in [1.807, 2.05) is 11.8 Å². The molecular weight excluding hydrogens is 288 g/mol. The summed E-state index contributed by atoms with van der Waals surface area (Å²) in [7, 11) is 0. The zero-order valence-electron chi connectivity index (χ0n) is 14.8. The summed E-state index contributed by atoms with van der Waals surface area (Å²) in [6, 6.07) is 10.7. The predicted octanol–water partition coefficient (Wildman–Crippen LogP) is 3.52. The Morgan fingerprint density at radius 3 is 2.39 bits per heavy atom. The summed E-state index contributed by atoms with van der Waals surface area (Å²) in [6.45, 7) is 11.5. The van der Waals surface area contributed by atoms with Crippen molar-refractivity contribution in [1.82, 2.24) is 9.80 Å². The first-order chi connectivity index (χ1) is 11.0. The molecule has 0 N–H and O–H groups in total. The van der Waals surface area contributed by atoms with Gasteiger partial charge in [0.2, 0.25) is 0 Å². The second-order valence-electron chi connectivity index (χ2n) is 6.88. The average Bonchev–Trinajstić information content (AvgIpc) is 2.56. The second-order valence-corrected chi connectivity index (χ2v) is 6.88. The molecule has 23 heavy (non-hydrogen) atoms. The number of piperazine rings is 1. The van der Waals surface area contributed by atoms with Gasteiger partial charge < -0.3 is 9.64 Å². The molecule has 0 saturated carbocycles. The van der Waals surface area contributed by atoms with Gasteiger partial charge in [-0.05, 0) is 37.3 Å². The van der Waals surface area contributed by atoms with Crippen molar-refractivity contribution in [2.75, 3.05) is 39.3 Å². The maximum absolute atomic E-state index is 11.7. The van der Waals surface area contributed by atoms with Crippen molar-refractivity contribution in [3.63, 3.8) is 0 Å². The molecular formula is C19H30N2O2. The summed E-state index contributed by atoms with van der Waals surface area (Å²) < 4.78 is 5.06. The zero-order valence-corrected chi connectivity index (χ0v) is 14.8. The Balaban J connectivity index is 1.71. The van der Waals surface area contributed by atoms with Crippen LogP contribution in [0.15, 0.2) is 30.3 Å². The number of carbonyl (C=O) groups excluding carboxylic acids is 1. The van der Waals surface area contributed by atoms with Crippen molar-refractivity contribution in [3.8, 4) is 0 Å². The minimum atomic E-state index is -0.169. The topological polar surface area (TPSA) is 32.8 Å². The van der Waals surface area contributed by atoms with Gasteiger partial charge >= 0.3 is 6.09 Å². The van der Waals surface area contributed by atoms with Gasteiger partial charge in [-0.1, -0.05) is 44.2 Å². The Bertz CT molecular complexity index is 479. The highest BCUT2D eigenvalue weighted by atomic mass is 16.6. The molecule has 1 heterocycles. The van der Waals surface area contributed by atoms with Gasteiger partial charge in [0.05, 0.1) is 6.61 Å². The lowest BCUT2D eigenvalue weighted by Crippen LogP contribution is -2.49. The van der Waals surface area contributed by atoms with Crippen LogP contribution in [-0.2, 0) is 10.2 Å². The highest BCUT2D eigenvalue weighted by Crippen LogP contribution is 2.28. The van der Waals surface area contributed by atoms with Gasteiger partial charge in [0.15, 0.2) is 0 Å². The van der Waals surface area contributed by atoms with E-state index < -0.39 is 0 Å². The van der Waals surface area contributed by atoms with E-state index >= 15 is 0 Å². The van der Waals surface area contributed by atoms with Crippen LogP contribution in [0, 0.1) is 0 Å². The molecule has 1 aromatic rings. The van der Waals surface area contributed by atoms with Crippen LogP contribution < -0.4 is 0 Å². The third kappa shape index (κ3) is 5.24. The van der Waals surface area contributed by atoms with Crippen LogP contribution in [0.25, 0.3) is 0 Å². The third-order valence-electron chi connectivity index (χ3n) is 4.73. The summed E-state index contributed by atoms with van der Waals surface area (Å²) in [6.07, 6.45) is 2.19. The first-order valence-electron chi connectivity index (χ1n) is 8.72. The molecule has 0 radical (unpaired) electrons. The quantitative estimate of drug-likeness (QED) is 0.804. The highest BCUT2D eigenvalue weighted by molar-refractivity contribution is 5.67. The molecule has 1 aliphatic rings. The minimum absolute atomic E-state index is 0.169. The molecule has 0 aliphatic carbocycles. The van der Waals surface area contributed by atoms with Crippen LogP contribution >= 0.6 is 0 Å². The maximum Gasteiger partial charge on any atom is 0.409 e. The number of hydrogen-bond acceptors (Lipinski definition) is 3. The molecule has 4 nitrogen and oxygen atoms in total. The highest BCUT2D eigenvalue weighted by Gasteiger charge is 2.23. The fraction of sp³-hybridized carbons (Fsp3) is 0.632. The Hall–Kier alpha value is -1.55. The summed E-state index contributed by atoms with van der Waals surface area (Å²) >= 11 is 0. The fourth-order valence-electron chi connectivity index (χ4n) is 3.15. The van der Waals surface area contributed by atoms with Gasteiger partial charge in [-0.3, -0.25) is 4.90 Å². The van der Waals surface area contributed by atoms with Crippen LogP contribution in [0.3, 0.4) is 0 Å². The first kappa shape index (κ1) is 17.8. The van der Waals surface area contributed by atoms with Crippen LogP contribution in [0.2, 0.25) is 0 Å². The normalized spacial score (nSPS) is 16.4. The number of amides is 1. The number of rotatable bonds is 6. The lowest BCUT2D eigenvalue weighted by Gasteiger charge is -2.34. The largest absolute Gasteiger partial charge is 0.450 e. The van der Waals surface area contributed by atoms with Crippen LogP contribution in [0.5, 0.6) is 0 Å². The van der Waals surface area contributed by atoms with Gasteiger partial charge in [0.25, 0.3) is 0 Å². The Labute approximate surface area is 140 Å². The van der Waals surface area contributed by atoms with Crippen LogP contribution in [0.4, 0.5) is 4.79 Å².